The molecule has 2 N–H and O–H groups in total. The summed E-state index contributed by atoms with van der Waals surface area (Å²) in [6.07, 6.45) is 4.40. The normalized spacial score (nSPS) is 23.9. The van der Waals surface area contributed by atoms with Crippen molar-refractivity contribution in [1.29, 1.82) is 0 Å². The van der Waals surface area contributed by atoms with Crippen LogP contribution in [0.2, 0.25) is 0 Å². The van der Waals surface area contributed by atoms with Gasteiger partial charge in [0.15, 0.2) is 0 Å². The lowest BCUT2D eigenvalue weighted by atomic mass is 10.2. The molecule has 1 fully saturated rings. The fourth-order valence-electron chi connectivity index (χ4n) is 2.03. The SMILES string of the molecule is CCCOC1CCCN(C(=O)[C@H](C)N)CC1. The Morgan fingerprint density at radius 2 is 2.25 bits per heavy atom. The number of hydrogen-bond donors (Lipinski definition) is 1. The molecule has 2 atom stereocenters. The van der Waals surface area contributed by atoms with E-state index in [1.165, 1.54) is 0 Å². The van der Waals surface area contributed by atoms with Crippen molar-refractivity contribution >= 4 is 5.91 Å². The Labute approximate surface area is 98.1 Å². The van der Waals surface area contributed by atoms with Crippen molar-refractivity contribution in [3.8, 4) is 0 Å². The Kier molecular flexibility index (Phi) is 5.77. The smallest absolute Gasteiger partial charge is 0.239 e. The Morgan fingerprint density at radius 3 is 2.88 bits per heavy atom. The van der Waals surface area contributed by atoms with Crippen LogP contribution in [0.3, 0.4) is 0 Å². The topological polar surface area (TPSA) is 55.6 Å². The summed E-state index contributed by atoms with van der Waals surface area (Å²) < 4.78 is 5.73. The van der Waals surface area contributed by atoms with Crippen LogP contribution >= 0.6 is 0 Å². The fraction of sp³-hybridized carbons (Fsp3) is 0.917. The summed E-state index contributed by atoms with van der Waals surface area (Å²) in [4.78, 5) is 13.6. The largest absolute Gasteiger partial charge is 0.378 e. The quantitative estimate of drug-likeness (QED) is 0.785. The molecular formula is C12H24N2O2. The van der Waals surface area contributed by atoms with Crippen LogP contribution in [0.5, 0.6) is 0 Å². The fourth-order valence-corrected chi connectivity index (χ4v) is 2.03. The molecule has 0 aliphatic carbocycles. The van der Waals surface area contributed by atoms with Gasteiger partial charge in [0.25, 0.3) is 0 Å². The highest BCUT2D eigenvalue weighted by Gasteiger charge is 2.22. The zero-order valence-corrected chi connectivity index (χ0v) is 10.4. The molecule has 1 saturated heterocycles. The summed E-state index contributed by atoms with van der Waals surface area (Å²) in [5.41, 5.74) is 5.61. The summed E-state index contributed by atoms with van der Waals surface area (Å²) in [5.74, 6) is 0.0659. The second-order valence-electron chi connectivity index (χ2n) is 4.54. The first kappa shape index (κ1) is 13.5. The number of ether oxygens (including phenoxy) is 1. The molecule has 1 unspecified atom stereocenters. The van der Waals surface area contributed by atoms with Gasteiger partial charge < -0.3 is 15.4 Å². The van der Waals surface area contributed by atoms with E-state index in [1.807, 2.05) is 4.90 Å². The van der Waals surface area contributed by atoms with Gasteiger partial charge in [0.05, 0.1) is 12.1 Å². The van der Waals surface area contributed by atoms with Crippen LogP contribution in [0.1, 0.15) is 39.5 Å². The molecule has 16 heavy (non-hydrogen) atoms. The number of rotatable bonds is 4. The summed E-state index contributed by atoms with van der Waals surface area (Å²) in [6, 6.07) is -0.381. The van der Waals surface area contributed by atoms with Gasteiger partial charge in [0.1, 0.15) is 0 Å². The number of likely N-dealkylation sites (tertiary alicyclic amines) is 1. The van der Waals surface area contributed by atoms with Crippen LogP contribution in [0.25, 0.3) is 0 Å². The molecule has 1 amide bonds. The van der Waals surface area contributed by atoms with Crippen LogP contribution in [0.15, 0.2) is 0 Å². The standard InChI is InChI=1S/C12H24N2O2/c1-3-9-16-11-5-4-7-14(8-6-11)12(15)10(2)13/h10-11H,3-9,13H2,1-2H3/t10-,11?/m0/s1. The number of carbonyl (C=O) groups is 1. The Bertz CT molecular complexity index is 219. The molecule has 1 heterocycles. The molecule has 0 bridgehead atoms. The minimum Gasteiger partial charge on any atom is -0.378 e. The molecule has 1 aliphatic heterocycles. The van der Waals surface area contributed by atoms with Gasteiger partial charge in [-0.15, -0.1) is 0 Å². The first-order valence-electron chi connectivity index (χ1n) is 6.31. The molecule has 0 aromatic heterocycles. The first-order chi connectivity index (χ1) is 7.65. The van der Waals surface area contributed by atoms with Gasteiger partial charge in [-0.2, -0.15) is 0 Å². The maximum absolute atomic E-state index is 11.7. The lowest BCUT2D eigenvalue weighted by Crippen LogP contribution is -2.42. The van der Waals surface area contributed by atoms with Crippen molar-refractivity contribution in [3.05, 3.63) is 0 Å². The molecule has 0 spiro atoms. The summed E-state index contributed by atoms with van der Waals surface area (Å²) in [7, 11) is 0. The van der Waals surface area contributed by atoms with Gasteiger partial charge in [0.2, 0.25) is 5.91 Å². The predicted octanol–water partition coefficient (Wildman–Crippen LogP) is 1.14. The second kappa shape index (κ2) is 6.86. The van der Waals surface area contributed by atoms with E-state index >= 15 is 0 Å². The van der Waals surface area contributed by atoms with Crippen LogP contribution in [-0.4, -0.2) is 42.6 Å². The molecule has 94 valence electrons. The number of nitrogens with two attached hydrogens (primary N) is 1. The molecule has 0 aromatic rings. The highest BCUT2D eigenvalue weighted by atomic mass is 16.5. The van der Waals surface area contributed by atoms with E-state index in [0.29, 0.717) is 6.10 Å². The number of nitrogens with zero attached hydrogens (tertiary/aromatic N) is 1. The molecular weight excluding hydrogens is 204 g/mol. The monoisotopic (exact) mass is 228 g/mol. The highest BCUT2D eigenvalue weighted by Crippen LogP contribution is 2.15. The van der Waals surface area contributed by atoms with Crippen molar-refractivity contribution in [2.45, 2.75) is 51.7 Å². The molecule has 0 aromatic carbocycles. The van der Waals surface area contributed by atoms with E-state index in [-0.39, 0.29) is 11.9 Å². The lowest BCUT2D eigenvalue weighted by Gasteiger charge is -2.22. The van der Waals surface area contributed by atoms with E-state index in [0.717, 1.165) is 45.4 Å². The Morgan fingerprint density at radius 1 is 1.50 bits per heavy atom. The first-order valence-corrected chi connectivity index (χ1v) is 6.31. The van der Waals surface area contributed by atoms with Crippen LogP contribution in [-0.2, 0) is 9.53 Å². The van der Waals surface area contributed by atoms with Gasteiger partial charge in [-0.25, -0.2) is 0 Å². The number of hydrogen-bond acceptors (Lipinski definition) is 3. The van der Waals surface area contributed by atoms with E-state index in [9.17, 15) is 4.79 Å². The minimum atomic E-state index is -0.381. The van der Waals surface area contributed by atoms with Gasteiger partial charge in [-0.3, -0.25) is 4.79 Å². The number of amides is 1. The van der Waals surface area contributed by atoms with Crippen molar-refractivity contribution in [2.75, 3.05) is 19.7 Å². The van der Waals surface area contributed by atoms with Crippen molar-refractivity contribution in [1.82, 2.24) is 4.90 Å². The maximum atomic E-state index is 11.7. The van der Waals surface area contributed by atoms with E-state index in [4.69, 9.17) is 10.5 Å². The van der Waals surface area contributed by atoms with Crippen molar-refractivity contribution in [3.63, 3.8) is 0 Å². The van der Waals surface area contributed by atoms with Gasteiger partial charge >= 0.3 is 0 Å². The third kappa shape index (κ3) is 4.10. The lowest BCUT2D eigenvalue weighted by molar-refractivity contribution is -0.132. The Balaban J connectivity index is 2.37. The van der Waals surface area contributed by atoms with E-state index < -0.39 is 0 Å². The highest BCUT2D eigenvalue weighted by molar-refractivity contribution is 5.81. The average Bonchev–Trinajstić information content (AvgIpc) is 2.50. The summed E-state index contributed by atoms with van der Waals surface area (Å²) in [6.45, 7) is 6.30. The number of carbonyl (C=O) groups excluding carboxylic acids is 1. The predicted molar refractivity (Wildman–Crippen MR) is 64.1 cm³/mol. The molecule has 1 rings (SSSR count). The van der Waals surface area contributed by atoms with Crippen LogP contribution in [0, 0.1) is 0 Å². The van der Waals surface area contributed by atoms with Gasteiger partial charge in [-0.1, -0.05) is 6.92 Å². The second-order valence-corrected chi connectivity index (χ2v) is 4.54. The van der Waals surface area contributed by atoms with Crippen LogP contribution in [0.4, 0.5) is 0 Å². The van der Waals surface area contributed by atoms with E-state index in [1.54, 1.807) is 6.92 Å². The third-order valence-corrected chi connectivity index (χ3v) is 2.93. The van der Waals surface area contributed by atoms with Crippen LogP contribution < -0.4 is 5.73 Å². The third-order valence-electron chi connectivity index (χ3n) is 2.93. The maximum Gasteiger partial charge on any atom is 0.239 e. The zero-order valence-electron chi connectivity index (χ0n) is 10.4. The summed E-state index contributed by atoms with van der Waals surface area (Å²) >= 11 is 0. The summed E-state index contributed by atoms with van der Waals surface area (Å²) in [5, 5.41) is 0. The minimum absolute atomic E-state index is 0.0659. The zero-order chi connectivity index (χ0) is 12.0. The van der Waals surface area contributed by atoms with Gasteiger partial charge in [0, 0.05) is 19.7 Å². The van der Waals surface area contributed by atoms with Crippen molar-refractivity contribution < 1.29 is 9.53 Å². The van der Waals surface area contributed by atoms with Crippen molar-refractivity contribution in [2.24, 2.45) is 5.73 Å². The molecule has 4 nitrogen and oxygen atoms in total. The molecule has 1 aliphatic rings. The molecule has 0 saturated carbocycles. The van der Waals surface area contributed by atoms with E-state index in [2.05, 4.69) is 6.92 Å². The Hall–Kier alpha value is -0.610. The van der Waals surface area contributed by atoms with Gasteiger partial charge in [-0.05, 0) is 32.6 Å². The molecule has 4 heteroatoms. The molecule has 0 radical (unpaired) electrons. The average molecular weight is 228 g/mol.